The average Bonchev–Trinajstić information content (AvgIpc) is 3.49. The second kappa shape index (κ2) is 13.1. The quantitative estimate of drug-likeness (QED) is 0.254. The molecular formula is C33H36Cl2FN3O6S. The predicted molar refractivity (Wildman–Crippen MR) is 173 cm³/mol. The molecule has 1 N–H and O–H groups in total. The molecule has 7 rings (SSSR count). The van der Waals surface area contributed by atoms with E-state index in [1.165, 1.54) is 12.1 Å². The molecule has 2 aromatic carbocycles. The first-order valence-electron chi connectivity index (χ1n) is 15.9. The summed E-state index contributed by atoms with van der Waals surface area (Å²) in [5.41, 5.74) is 2.79. The third-order valence-corrected chi connectivity index (χ3v) is 12.7. The maximum atomic E-state index is 15.2. The number of hydrogen-bond acceptors (Lipinski definition) is 8. The standard InChI is InChI=1S/C33H36Cl2FN3O6S/c34-26-2-1-3-27(35)30(26)31-25(32(45-38-31)19-4-5-19)18-44-29-16-22-14-20(29)17-39(22)21-6-7-24(28(36)15-21)33(40)37-10-13-46(41,42)23-8-11-43-12-9-23/h1-3,6-7,15,19-20,22-23,29H,4-5,8-14,16-18H2,(H,37,40)/t20-,22-,29+/m0/s1. The fraction of sp³-hybridized carbons (Fsp3) is 0.515. The summed E-state index contributed by atoms with van der Waals surface area (Å²) in [6, 6.07) is 10.2. The number of fused-ring (bicyclic) bond motifs is 2. The summed E-state index contributed by atoms with van der Waals surface area (Å²) in [5, 5.41) is 7.49. The molecule has 3 heterocycles. The Balaban J connectivity index is 0.956. The van der Waals surface area contributed by atoms with Gasteiger partial charge in [-0.05, 0) is 68.9 Å². The van der Waals surface area contributed by atoms with Crippen LogP contribution < -0.4 is 10.2 Å². The summed E-state index contributed by atoms with van der Waals surface area (Å²) in [6.07, 6.45) is 4.78. The average molecular weight is 693 g/mol. The predicted octanol–water partition coefficient (Wildman–Crippen LogP) is 6.17. The summed E-state index contributed by atoms with van der Waals surface area (Å²) in [5.74, 6) is 0.00320. The minimum atomic E-state index is -3.36. The first-order chi connectivity index (χ1) is 22.2. The number of amides is 1. The summed E-state index contributed by atoms with van der Waals surface area (Å²) in [4.78, 5) is 14.9. The van der Waals surface area contributed by atoms with Crippen molar-refractivity contribution in [2.24, 2.45) is 5.92 Å². The van der Waals surface area contributed by atoms with E-state index in [0.717, 1.165) is 37.0 Å². The third kappa shape index (κ3) is 6.41. The van der Waals surface area contributed by atoms with E-state index in [1.54, 1.807) is 24.3 Å². The van der Waals surface area contributed by atoms with Crippen LogP contribution in [-0.4, -0.2) is 68.9 Å². The van der Waals surface area contributed by atoms with Gasteiger partial charge in [-0.25, -0.2) is 12.8 Å². The Kier molecular flexibility index (Phi) is 9.06. The van der Waals surface area contributed by atoms with Crippen molar-refractivity contribution in [3.8, 4) is 11.3 Å². The highest BCUT2D eigenvalue weighted by Gasteiger charge is 2.46. The first-order valence-corrected chi connectivity index (χ1v) is 18.3. The van der Waals surface area contributed by atoms with Crippen LogP contribution in [0, 0.1) is 11.7 Å². The van der Waals surface area contributed by atoms with Gasteiger partial charge < -0.3 is 24.2 Å². The van der Waals surface area contributed by atoms with Gasteiger partial charge >= 0.3 is 0 Å². The summed E-state index contributed by atoms with van der Waals surface area (Å²) in [7, 11) is -3.36. The van der Waals surface area contributed by atoms with E-state index in [1.807, 2.05) is 0 Å². The lowest BCUT2D eigenvalue weighted by Crippen LogP contribution is -2.38. The highest BCUT2D eigenvalue weighted by molar-refractivity contribution is 7.92. The van der Waals surface area contributed by atoms with Gasteiger partial charge in [0.15, 0.2) is 9.84 Å². The molecule has 2 saturated carbocycles. The second-order valence-corrected chi connectivity index (χ2v) is 15.9. The summed E-state index contributed by atoms with van der Waals surface area (Å²) in [6.45, 7) is 1.83. The smallest absolute Gasteiger partial charge is 0.254 e. The molecule has 0 unspecified atom stereocenters. The topological polar surface area (TPSA) is 111 Å². The number of rotatable bonds is 11. The zero-order valence-electron chi connectivity index (χ0n) is 25.2. The van der Waals surface area contributed by atoms with Gasteiger partial charge in [0.05, 0.1) is 39.3 Å². The van der Waals surface area contributed by atoms with Crippen LogP contribution in [0.5, 0.6) is 0 Å². The van der Waals surface area contributed by atoms with Gasteiger partial charge in [-0.3, -0.25) is 4.79 Å². The third-order valence-electron chi connectivity index (χ3n) is 9.76. The molecule has 13 heteroatoms. The highest BCUT2D eigenvalue weighted by atomic mass is 35.5. The molecule has 3 atom stereocenters. The van der Waals surface area contributed by atoms with Crippen molar-refractivity contribution in [3.63, 3.8) is 0 Å². The minimum Gasteiger partial charge on any atom is -0.381 e. The number of sulfone groups is 1. The van der Waals surface area contributed by atoms with Gasteiger partial charge in [0, 0.05) is 61.0 Å². The van der Waals surface area contributed by atoms with E-state index >= 15 is 4.39 Å². The van der Waals surface area contributed by atoms with Gasteiger partial charge in [-0.2, -0.15) is 0 Å². The van der Waals surface area contributed by atoms with Crippen LogP contribution in [0.15, 0.2) is 40.9 Å². The van der Waals surface area contributed by atoms with E-state index in [-0.39, 0.29) is 35.9 Å². The number of piperidine rings is 1. The van der Waals surface area contributed by atoms with Crippen LogP contribution in [0.3, 0.4) is 0 Å². The fourth-order valence-electron chi connectivity index (χ4n) is 7.14. The van der Waals surface area contributed by atoms with Crippen molar-refractivity contribution in [2.75, 3.05) is 37.0 Å². The van der Waals surface area contributed by atoms with E-state index in [9.17, 15) is 13.2 Å². The Morgan fingerprint density at radius 2 is 1.85 bits per heavy atom. The van der Waals surface area contributed by atoms with Crippen molar-refractivity contribution in [1.82, 2.24) is 10.5 Å². The Bertz CT molecular complexity index is 1710. The van der Waals surface area contributed by atoms with Crippen molar-refractivity contribution in [1.29, 1.82) is 0 Å². The number of ether oxygens (including phenoxy) is 2. The molecule has 2 saturated heterocycles. The van der Waals surface area contributed by atoms with Gasteiger partial charge in [-0.1, -0.05) is 34.4 Å². The molecule has 2 bridgehead atoms. The fourth-order valence-corrected chi connectivity index (χ4v) is 9.34. The molecule has 0 spiro atoms. The second-order valence-electron chi connectivity index (χ2n) is 12.7. The van der Waals surface area contributed by atoms with Gasteiger partial charge in [0.1, 0.15) is 17.3 Å². The number of benzene rings is 2. The lowest BCUT2D eigenvalue weighted by atomic mass is 10.0. The highest BCUT2D eigenvalue weighted by Crippen LogP contribution is 2.47. The molecule has 246 valence electrons. The number of aromatic nitrogens is 1. The van der Waals surface area contributed by atoms with Crippen LogP contribution in [0.4, 0.5) is 10.1 Å². The van der Waals surface area contributed by atoms with Crippen molar-refractivity contribution in [3.05, 3.63) is 69.1 Å². The molecular weight excluding hydrogens is 656 g/mol. The number of anilines is 1. The largest absolute Gasteiger partial charge is 0.381 e. The summed E-state index contributed by atoms with van der Waals surface area (Å²) < 4.78 is 57.9. The molecule has 4 aliphatic rings. The first kappa shape index (κ1) is 31.9. The van der Waals surface area contributed by atoms with E-state index in [2.05, 4.69) is 15.4 Å². The van der Waals surface area contributed by atoms with E-state index < -0.39 is 26.8 Å². The normalized spacial score (nSPS) is 23.3. The molecule has 4 fully saturated rings. The molecule has 9 nitrogen and oxygen atoms in total. The summed E-state index contributed by atoms with van der Waals surface area (Å²) >= 11 is 13.0. The van der Waals surface area contributed by atoms with Crippen molar-refractivity contribution in [2.45, 2.75) is 68.4 Å². The Morgan fingerprint density at radius 3 is 2.52 bits per heavy atom. The number of nitrogens with zero attached hydrogens (tertiary/aromatic N) is 2. The zero-order chi connectivity index (χ0) is 32.0. The molecule has 1 aromatic heterocycles. The van der Waals surface area contributed by atoms with Crippen molar-refractivity contribution < 1.29 is 31.6 Å². The van der Waals surface area contributed by atoms with Crippen LogP contribution in [-0.2, 0) is 25.9 Å². The molecule has 3 aromatic rings. The maximum absolute atomic E-state index is 15.2. The molecule has 1 amide bonds. The maximum Gasteiger partial charge on any atom is 0.254 e. The van der Waals surface area contributed by atoms with Crippen molar-refractivity contribution >= 4 is 44.6 Å². The van der Waals surface area contributed by atoms with Crippen LogP contribution >= 0.6 is 23.2 Å². The number of carbonyl (C=O) groups is 1. The molecule has 2 aliphatic carbocycles. The van der Waals surface area contributed by atoms with Crippen LogP contribution in [0.2, 0.25) is 10.0 Å². The lowest BCUT2D eigenvalue weighted by Gasteiger charge is -2.33. The SMILES string of the molecule is O=C(NCCS(=O)(=O)C1CCOCC1)c1ccc(N2C[C@@H]3C[C@H]2C[C@H]3OCc2c(-c3c(Cl)cccc3Cl)noc2C2CC2)cc1F. The molecule has 46 heavy (non-hydrogen) atoms. The van der Waals surface area contributed by atoms with Crippen LogP contribution in [0.1, 0.15) is 66.1 Å². The Labute approximate surface area is 277 Å². The minimum absolute atomic E-state index is 0.0325. The number of nitrogens with one attached hydrogen (secondary N) is 1. The van der Waals surface area contributed by atoms with Gasteiger partial charge in [-0.15, -0.1) is 0 Å². The number of halogens is 3. The zero-order valence-corrected chi connectivity index (χ0v) is 27.6. The lowest BCUT2D eigenvalue weighted by molar-refractivity contribution is 0.0122. The molecule has 2 aliphatic heterocycles. The van der Waals surface area contributed by atoms with E-state index in [4.69, 9.17) is 37.2 Å². The van der Waals surface area contributed by atoms with Gasteiger partial charge in [0.2, 0.25) is 0 Å². The van der Waals surface area contributed by atoms with E-state index in [0.29, 0.717) is 72.1 Å². The van der Waals surface area contributed by atoms with Crippen LogP contribution in [0.25, 0.3) is 11.3 Å². The Morgan fingerprint density at radius 1 is 1.09 bits per heavy atom. The number of carbonyl (C=O) groups excluding carboxylic acids is 1. The number of hydrogen-bond donors (Lipinski definition) is 1. The van der Waals surface area contributed by atoms with Gasteiger partial charge in [0.25, 0.3) is 5.91 Å². The molecule has 0 radical (unpaired) electrons. The Hall–Kier alpha value is -2.70. The monoisotopic (exact) mass is 691 g/mol.